The molecule has 0 spiro atoms. The lowest BCUT2D eigenvalue weighted by molar-refractivity contribution is -0.142. The minimum absolute atomic E-state index is 0.157. The molecule has 0 bridgehead atoms. The van der Waals surface area contributed by atoms with Crippen LogP contribution in [0.3, 0.4) is 0 Å². The molecule has 2 N–H and O–H groups in total. The maximum atomic E-state index is 12.8. The van der Waals surface area contributed by atoms with Gasteiger partial charge in [-0.1, -0.05) is 17.7 Å². The van der Waals surface area contributed by atoms with Crippen LogP contribution < -0.4 is 5.32 Å². The number of carbonyl (C=O) groups is 1. The maximum Gasteiger partial charge on any atom is 0.435 e. The first-order valence-corrected chi connectivity index (χ1v) is 6.97. The van der Waals surface area contributed by atoms with Crippen molar-refractivity contribution >= 4 is 23.2 Å². The Morgan fingerprint density at radius 3 is 2.74 bits per heavy atom. The zero-order valence-corrected chi connectivity index (χ0v) is 12.5. The number of halogens is 4. The fourth-order valence-corrected chi connectivity index (χ4v) is 2.19. The van der Waals surface area contributed by atoms with Crippen LogP contribution in [0.15, 0.2) is 30.5 Å². The largest absolute Gasteiger partial charge is 0.435 e. The molecule has 0 aliphatic heterocycles. The molecule has 0 saturated heterocycles. The van der Waals surface area contributed by atoms with Crippen LogP contribution in [0.2, 0.25) is 5.02 Å². The number of alkyl halides is 3. The van der Waals surface area contributed by atoms with Gasteiger partial charge in [-0.2, -0.15) is 18.3 Å². The van der Waals surface area contributed by atoms with Gasteiger partial charge in [-0.25, -0.2) is 0 Å². The molecule has 0 unspecified atom stereocenters. The van der Waals surface area contributed by atoms with Gasteiger partial charge < -0.3 is 10.4 Å². The SMILES string of the molecule is O=C(Cn1cc(CCO)c(C(F)(F)F)n1)Nc1cccc(Cl)c1. The van der Waals surface area contributed by atoms with E-state index in [4.69, 9.17) is 16.7 Å². The molecular formula is C14H13ClF3N3O2. The third kappa shape index (κ3) is 4.70. The van der Waals surface area contributed by atoms with Crippen LogP contribution in [0.5, 0.6) is 0 Å². The quantitative estimate of drug-likeness (QED) is 0.874. The summed E-state index contributed by atoms with van der Waals surface area (Å²) in [5, 5.41) is 15.2. The lowest BCUT2D eigenvalue weighted by atomic mass is 10.2. The maximum absolute atomic E-state index is 12.8. The van der Waals surface area contributed by atoms with Crippen LogP contribution >= 0.6 is 11.6 Å². The summed E-state index contributed by atoms with van der Waals surface area (Å²) in [5.41, 5.74) is -0.820. The third-order valence-corrected chi connectivity index (χ3v) is 3.14. The van der Waals surface area contributed by atoms with Crippen LogP contribution in [-0.4, -0.2) is 27.4 Å². The van der Waals surface area contributed by atoms with Gasteiger partial charge in [0.05, 0.1) is 0 Å². The number of aliphatic hydroxyl groups is 1. The van der Waals surface area contributed by atoms with Crippen LogP contribution in [0, 0.1) is 0 Å². The molecule has 0 aliphatic rings. The summed E-state index contributed by atoms with van der Waals surface area (Å²) in [7, 11) is 0. The molecule has 0 radical (unpaired) electrons. The van der Waals surface area contributed by atoms with Crippen LogP contribution in [-0.2, 0) is 23.9 Å². The van der Waals surface area contributed by atoms with Crippen molar-refractivity contribution in [1.82, 2.24) is 9.78 Å². The first-order valence-electron chi connectivity index (χ1n) is 6.59. The van der Waals surface area contributed by atoms with Gasteiger partial charge in [-0.05, 0) is 24.6 Å². The van der Waals surface area contributed by atoms with Crippen molar-refractivity contribution in [2.45, 2.75) is 19.1 Å². The lowest BCUT2D eigenvalue weighted by Gasteiger charge is -2.06. The van der Waals surface area contributed by atoms with E-state index in [0.29, 0.717) is 10.7 Å². The molecule has 0 saturated carbocycles. The summed E-state index contributed by atoms with van der Waals surface area (Å²) in [6.07, 6.45) is -3.72. The number of carbonyl (C=O) groups excluding carboxylic acids is 1. The third-order valence-electron chi connectivity index (χ3n) is 2.90. The zero-order valence-electron chi connectivity index (χ0n) is 11.8. The highest BCUT2D eigenvalue weighted by Crippen LogP contribution is 2.30. The summed E-state index contributed by atoms with van der Waals surface area (Å²) < 4.78 is 39.4. The monoisotopic (exact) mass is 347 g/mol. The Kier molecular flexibility index (Phi) is 5.27. The van der Waals surface area contributed by atoms with Crippen molar-refractivity contribution in [3.63, 3.8) is 0 Å². The highest BCUT2D eigenvalue weighted by Gasteiger charge is 2.37. The molecular weight excluding hydrogens is 335 g/mol. The highest BCUT2D eigenvalue weighted by molar-refractivity contribution is 6.30. The van der Waals surface area contributed by atoms with Gasteiger partial charge in [0.15, 0.2) is 5.69 Å². The van der Waals surface area contributed by atoms with E-state index in [1.54, 1.807) is 18.2 Å². The van der Waals surface area contributed by atoms with Crippen LogP contribution in [0.4, 0.5) is 18.9 Å². The zero-order chi connectivity index (χ0) is 17.0. The van der Waals surface area contributed by atoms with Crippen molar-refractivity contribution < 1.29 is 23.1 Å². The first kappa shape index (κ1) is 17.3. The van der Waals surface area contributed by atoms with E-state index in [9.17, 15) is 18.0 Å². The summed E-state index contributed by atoms with van der Waals surface area (Å²) in [4.78, 5) is 11.9. The molecule has 124 valence electrons. The Hall–Kier alpha value is -2.06. The minimum atomic E-state index is -4.64. The summed E-state index contributed by atoms with van der Waals surface area (Å²) in [6, 6.07) is 6.38. The molecule has 1 aromatic heterocycles. The Labute approximate surface area is 134 Å². The number of nitrogens with one attached hydrogen (secondary N) is 1. The smallest absolute Gasteiger partial charge is 0.396 e. The van der Waals surface area contributed by atoms with Gasteiger partial charge in [0.25, 0.3) is 0 Å². The Morgan fingerprint density at radius 2 is 2.13 bits per heavy atom. The summed E-state index contributed by atoms with van der Waals surface area (Å²) >= 11 is 5.78. The van der Waals surface area contributed by atoms with E-state index in [2.05, 4.69) is 10.4 Å². The number of hydrogen-bond acceptors (Lipinski definition) is 3. The average Bonchev–Trinajstić information content (AvgIpc) is 2.81. The van der Waals surface area contributed by atoms with E-state index in [-0.39, 0.29) is 18.5 Å². The predicted molar refractivity (Wildman–Crippen MR) is 78.1 cm³/mol. The number of aromatic nitrogens is 2. The van der Waals surface area contributed by atoms with Crippen molar-refractivity contribution in [3.05, 3.63) is 46.7 Å². The van der Waals surface area contributed by atoms with E-state index >= 15 is 0 Å². The Bertz CT molecular complexity index is 701. The van der Waals surface area contributed by atoms with E-state index in [1.807, 2.05) is 0 Å². The molecule has 5 nitrogen and oxygen atoms in total. The van der Waals surface area contributed by atoms with Gasteiger partial charge in [-0.3, -0.25) is 9.48 Å². The van der Waals surface area contributed by atoms with E-state index in [1.165, 1.54) is 6.07 Å². The molecule has 0 fully saturated rings. The number of amides is 1. The molecule has 1 heterocycles. The van der Waals surface area contributed by atoms with Crippen molar-refractivity contribution in [1.29, 1.82) is 0 Å². The predicted octanol–water partition coefficient (Wildman–Crippen LogP) is 2.73. The molecule has 1 aromatic carbocycles. The van der Waals surface area contributed by atoms with Crippen molar-refractivity contribution in [2.75, 3.05) is 11.9 Å². The molecule has 23 heavy (non-hydrogen) atoms. The van der Waals surface area contributed by atoms with Crippen molar-refractivity contribution in [3.8, 4) is 0 Å². The molecule has 1 amide bonds. The number of benzene rings is 1. The van der Waals surface area contributed by atoms with Gasteiger partial charge in [0.1, 0.15) is 6.54 Å². The van der Waals surface area contributed by atoms with Crippen LogP contribution in [0.25, 0.3) is 0 Å². The van der Waals surface area contributed by atoms with Crippen LogP contribution in [0.1, 0.15) is 11.3 Å². The summed E-state index contributed by atoms with van der Waals surface area (Å²) in [5.74, 6) is -0.543. The Balaban J connectivity index is 2.12. The number of nitrogens with zero attached hydrogens (tertiary/aromatic N) is 2. The van der Waals surface area contributed by atoms with Gasteiger partial charge in [0, 0.05) is 29.1 Å². The van der Waals surface area contributed by atoms with E-state index < -0.39 is 24.4 Å². The number of anilines is 1. The minimum Gasteiger partial charge on any atom is -0.396 e. The number of rotatable bonds is 5. The summed E-state index contributed by atoms with van der Waals surface area (Å²) in [6.45, 7) is -0.829. The number of aliphatic hydroxyl groups excluding tert-OH is 1. The number of hydrogen-bond donors (Lipinski definition) is 2. The molecule has 0 atom stereocenters. The first-order chi connectivity index (χ1) is 10.8. The molecule has 2 rings (SSSR count). The van der Waals surface area contributed by atoms with E-state index in [0.717, 1.165) is 10.9 Å². The fourth-order valence-electron chi connectivity index (χ4n) is 2.00. The van der Waals surface area contributed by atoms with Gasteiger partial charge >= 0.3 is 6.18 Å². The Morgan fingerprint density at radius 1 is 1.39 bits per heavy atom. The average molecular weight is 348 g/mol. The highest BCUT2D eigenvalue weighted by atomic mass is 35.5. The molecule has 9 heteroatoms. The second-order valence-electron chi connectivity index (χ2n) is 4.73. The molecule has 2 aromatic rings. The normalized spacial score (nSPS) is 11.5. The second kappa shape index (κ2) is 7.01. The fraction of sp³-hybridized carbons (Fsp3) is 0.286. The second-order valence-corrected chi connectivity index (χ2v) is 5.17. The lowest BCUT2D eigenvalue weighted by Crippen LogP contribution is -2.19. The standard InChI is InChI=1S/C14H13ClF3N3O2/c15-10-2-1-3-11(6-10)19-12(23)8-21-7-9(4-5-22)13(20-21)14(16,17)18/h1-3,6-7,22H,4-5,8H2,(H,19,23). The van der Waals surface area contributed by atoms with Crippen molar-refractivity contribution in [2.24, 2.45) is 0 Å². The topological polar surface area (TPSA) is 67.2 Å². The van der Waals surface area contributed by atoms with Gasteiger partial charge in [-0.15, -0.1) is 0 Å². The molecule has 0 aliphatic carbocycles. The van der Waals surface area contributed by atoms with Gasteiger partial charge in [0.2, 0.25) is 5.91 Å².